The van der Waals surface area contributed by atoms with Crippen molar-refractivity contribution in [2.45, 2.75) is 109 Å². The highest BCUT2D eigenvalue weighted by molar-refractivity contribution is 5.74. The first-order chi connectivity index (χ1) is 12.6. The molecular formula is C23H42N2O. The first-order valence-corrected chi connectivity index (χ1v) is 11.7. The maximum absolute atomic E-state index is 12.4. The van der Waals surface area contributed by atoms with Crippen LogP contribution in [0.1, 0.15) is 104 Å². The minimum absolute atomic E-state index is 0.0965. The zero-order chi connectivity index (χ0) is 18.4. The quantitative estimate of drug-likeness (QED) is 0.433. The number of hydrogen-bond acceptors (Lipinski definition) is 1. The fourth-order valence-electron chi connectivity index (χ4n) is 6.35. The molecule has 2 amide bonds. The number of rotatable bonds is 11. The van der Waals surface area contributed by atoms with Crippen molar-refractivity contribution in [3.05, 3.63) is 0 Å². The van der Waals surface area contributed by atoms with Crippen molar-refractivity contribution in [2.24, 2.45) is 23.7 Å². The smallest absolute Gasteiger partial charge is 0.315 e. The molecule has 3 nitrogen and oxygen atoms in total. The lowest BCUT2D eigenvalue weighted by molar-refractivity contribution is -0.0545. The van der Waals surface area contributed by atoms with Crippen LogP contribution < -0.4 is 10.6 Å². The molecule has 0 radical (unpaired) electrons. The van der Waals surface area contributed by atoms with Gasteiger partial charge < -0.3 is 10.6 Å². The molecule has 4 aliphatic rings. The van der Waals surface area contributed by atoms with Gasteiger partial charge in [-0.05, 0) is 62.2 Å². The molecule has 150 valence electrons. The first-order valence-electron chi connectivity index (χ1n) is 11.7. The molecule has 2 atom stereocenters. The lowest BCUT2D eigenvalue weighted by atomic mass is 9.49. The van der Waals surface area contributed by atoms with Crippen molar-refractivity contribution in [2.75, 3.05) is 6.54 Å². The Bertz CT molecular complexity index is 433. The number of hydrogen-bond donors (Lipinski definition) is 2. The van der Waals surface area contributed by atoms with Crippen LogP contribution >= 0.6 is 0 Å². The molecule has 2 N–H and O–H groups in total. The Morgan fingerprint density at radius 3 is 2.08 bits per heavy atom. The molecule has 0 aliphatic heterocycles. The molecule has 4 fully saturated rings. The second kappa shape index (κ2) is 9.46. The molecule has 0 spiro atoms. The molecule has 0 aromatic carbocycles. The van der Waals surface area contributed by atoms with Gasteiger partial charge in [0.05, 0.1) is 0 Å². The highest BCUT2D eigenvalue weighted by Crippen LogP contribution is 2.58. The van der Waals surface area contributed by atoms with E-state index in [2.05, 4.69) is 24.5 Å². The first kappa shape index (κ1) is 20.0. The van der Waals surface area contributed by atoms with E-state index in [-0.39, 0.29) is 11.6 Å². The van der Waals surface area contributed by atoms with Crippen LogP contribution in [0.5, 0.6) is 0 Å². The zero-order valence-corrected chi connectivity index (χ0v) is 17.3. The summed E-state index contributed by atoms with van der Waals surface area (Å²) in [6.45, 7) is 5.56. The van der Waals surface area contributed by atoms with Gasteiger partial charge in [0.15, 0.2) is 0 Å². The molecule has 0 heterocycles. The van der Waals surface area contributed by atoms with Gasteiger partial charge >= 0.3 is 6.03 Å². The highest BCUT2D eigenvalue weighted by Gasteiger charge is 2.54. The Kier molecular flexibility index (Phi) is 7.28. The lowest BCUT2D eigenvalue weighted by Crippen LogP contribution is -2.63. The van der Waals surface area contributed by atoms with Crippen LogP contribution in [0.25, 0.3) is 0 Å². The van der Waals surface area contributed by atoms with Crippen molar-refractivity contribution >= 4 is 6.03 Å². The average molecular weight is 363 g/mol. The number of urea groups is 1. The topological polar surface area (TPSA) is 41.1 Å². The molecule has 0 aromatic rings. The van der Waals surface area contributed by atoms with Crippen molar-refractivity contribution in [1.82, 2.24) is 10.6 Å². The van der Waals surface area contributed by atoms with E-state index in [1.165, 1.54) is 83.5 Å². The fraction of sp³-hybridized carbons (Fsp3) is 0.957. The van der Waals surface area contributed by atoms with Crippen molar-refractivity contribution in [3.8, 4) is 0 Å². The molecule has 4 rings (SSSR count). The summed E-state index contributed by atoms with van der Waals surface area (Å²) in [6.07, 6.45) is 18.5. The van der Waals surface area contributed by atoms with Gasteiger partial charge in [0.2, 0.25) is 0 Å². The van der Waals surface area contributed by atoms with Crippen LogP contribution in [-0.4, -0.2) is 18.1 Å². The summed E-state index contributed by atoms with van der Waals surface area (Å²) in [5, 5.41) is 6.56. The van der Waals surface area contributed by atoms with Crippen LogP contribution in [0, 0.1) is 23.7 Å². The molecule has 2 unspecified atom stereocenters. The third-order valence-corrected chi connectivity index (χ3v) is 7.69. The number of amides is 2. The van der Waals surface area contributed by atoms with E-state index in [1.807, 2.05) is 0 Å². The van der Waals surface area contributed by atoms with E-state index in [1.54, 1.807) is 0 Å². The predicted molar refractivity (Wildman–Crippen MR) is 109 cm³/mol. The average Bonchev–Trinajstić information content (AvgIpc) is 2.60. The Hall–Kier alpha value is -0.730. The third kappa shape index (κ3) is 5.16. The lowest BCUT2D eigenvalue weighted by Gasteiger charge is -2.59. The van der Waals surface area contributed by atoms with Crippen LogP contribution in [0.15, 0.2) is 0 Å². The van der Waals surface area contributed by atoms with Gasteiger partial charge in [-0.25, -0.2) is 4.79 Å². The van der Waals surface area contributed by atoms with Gasteiger partial charge in [0.1, 0.15) is 0 Å². The zero-order valence-electron chi connectivity index (χ0n) is 17.3. The third-order valence-electron chi connectivity index (χ3n) is 7.69. The van der Waals surface area contributed by atoms with E-state index in [0.717, 1.165) is 36.6 Å². The van der Waals surface area contributed by atoms with E-state index in [0.29, 0.717) is 0 Å². The minimum atomic E-state index is 0.0965. The molecule has 26 heavy (non-hydrogen) atoms. The molecule has 4 bridgehead atoms. The van der Waals surface area contributed by atoms with Gasteiger partial charge in [-0.15, -0.1) is 0 Å². The van der Waals surface area contributed by atoms with E-state index >= 15 is 0 Å². The molecule has 0 saturated heterocycles. The molecule has 0 aromatic heterocycles. The second-order valence-electron chi connectivity index (χ2n) is 9.82. The SMILES string of the molecule is CCCCCCCCCCCNC(=O)NC12CC3CC(C1)C(C)C(C3)C2. The number of nitrogens with one attached hydrogen (secondary N) is 2. The van der Waals surface area contributed by atoms with Crippen LogP contribution in [0.2, 0.25) is 0 Å². The highest BCUT2D eigenvalue weighted by atomic mass is 16.2. The molecular weight excluding hydrogens is 320 g/mol. The number of carbonyl (C=O) groups excluding carboxylic acids is 1. The van der Waals surface area contributed by atoms with Gasteiger partial charge in [0.25, 0.3) is 0 Å². The molecule has 4 saturated carbocycles. The van der Waals surface area contributed by atoms with Gasteiger partial charge in [0, 0.05) is 12.1 Å². The summed E-state index contributed by atoms with van der Waals surface area (Å²) in [7, 11) is 0. The van der Waals surface area contributed by atoms with Crippen LogP contribution in [0.4, 0.5) is 4.79 Å². The summed E-state index contributed by atoms with van der Waals surface area (Å²) in [4.78, 5) is 12.4. The molecule has 4 aliphatic carbocycles. The van der Waals surface area contributed by atoms with Crippen molar-refractivity contribution < 1.29 is 4.79 Å². The number of carbonyl (C=O) groups is 1. The maximum Gasteiger partial charge on any atom is 0.315 e. The fourth-order valence-corrected chi connectivity index (χ4v) is 6.35. The van der Waals surface area contributed by atoms with E-state index in [9.17, 15) is 4.79 Å². The minimum Gasteiger partial charge on any atom is -0.338 e. The Morgan fingerprint density at radius 2 is 1.46 bits per heavy atom. The summed E-state index contributed by atoms with van der Waals surface area (Å²) in [5.41, 5.74) is 0.131. The van der Waals surface area contributed by atoms with E-state index < -0.39 is 0 Å². The van der Waals surface area contributed by atoms with Crippen LogP contribution in [-0.2, 0) is 0 Å². The van der Waals surface area contributed by atoms with E-state index in [4.69, 9.17) is 0 Å². The summed E-state index contributed by atoms with van der Waals surface area (Å²) in [5.74, 6) is 3.48. The Labute approximate surface area is 161 Å². The standard InChI is InChI=1S/C23H42N2O/c1-3-4-5-6-7-8-9-10-11-12-24-22(26)25-23-15-19-13-20(16-23)18(2)21(14-19)17-23/h18-21H,3-17H2,1-2H3,(H2,24,25,26). The predicted octanol–water partition coefficient (Wildman–Crippen LogP) is 6.03. The maximum atomic E-state index is 12.4. The molecule has 3 heteroatoms. The largest absolute Gasteiger partial charge is 0.338 e. The van der Waals surface area contributed by atoms with Gasteiger partial charge in [-0.3, -0.25) is 0 Å². The summed E-state index contributed by atoms with van der Waals surface area (Å²) in [6, 6.07) is 0.0965. The summed E-state index contributed by atoms with van der Waals surface area (Å²) < 4.78 is 0. The monoisotopic (exact) mass is 362 g/mol. The number of unbranched alkanes of at least 4 members (excludes halogenated alkanes) is 8. The van der Waals surface area contributed by atoms with Crippen molar-refractivity contribution in [3.63, 3.8) is 0 Å². The van der Waals surface area contributed by atoms with Crippen molar-refractivity contribution in [1.29, 1.82) is 0 Å². The van der Waals surface area contributed by atoms with Crippen LogP contribution in [0.3, 0.4) is 0 Å². The Balaban J connectivity index is 1.25. The van der Waals surface area contributed by atoms with Gasteiger partial charge in [-0.2, -0.15) is 0 Å². The Morgan fingerprint density at radius 1 is 0.885 bits per heavy atom. The summed E-state index contributed by atoms with van der Waals surface area (Å²) >= 11 is 0. The second-order valence-corrected chi connectivity index (χ2v) is 9.82. The van der Waals surface area contributed by atoms with Gasteiger partial charge in [-0.1, -0.05) is 65.2 Å². The normalized spacial score (nSPS) is 34.8.